The molecule has 0 amide bonds. The number of halogens is 2. The molecule has 0 unspecified atom stereocenters. The van der Waals surface area contributed by atoms with Gasteiger partial charge >= 0.3 is 200 Å². The molecule has 4 aromatic heterocycles. The Bertz CT molecular complexity index is 2540. The fourth-order valence-electron chi connectivity index (χ4n) is 5.17. The van der Waals surface area contributed by atoms with E-state index in [1.807, 2.05) is 10.8 Å². The number of hydrogen-bond acceptors (Lipinski definition) is 32. The molecule has 4 aromatic rings. The summed E-state index contributed by atoms with van der Waals surface area (Å²) in [6.07, 6.45) is 0. The average Bonchev–Trinajstić information content (AvgIpc) is 1.67. The molecule has 30 nitrogen and oxygen atoms in total. The smallest absolute Gasteiger partial charge is 0.172 e. The van der Waals surface area contributed by atoms with Gasteiger partial charge in [-0.2, -0.15) is 7.11 Å². The zero-order chi connectivity index (χ0) is 70.9. The maximum absolute atomic E-state index is 10.8. The number of aromatic carboxylic acids is 2. The molecule has 527 valence electrons. The number of carbonyl (C=O) groups excluding carboxylic acids is 5. The molecule has 3 aliphatic rings. The van der Waals surface area contributed by atoms with Gasteiger partial charge in [-0.3, -0.25) is 24.0 Å². The van der Waals surface area contributed by atoms with Gasteiger partial charge in [-0.05, 0) is 62.3 Å². The van der Waals surface area contributed by atoms with E-state index in [-0.39, 0.29) is 241 Å². The Labute approximate surface area is 694 Å². The zero-order valence-electron chi connectivity index (χ0n) is 54.8. The van der Waals surface area contributed by atoms with Crippen LogP contribution < -0.4 is 171 Å². The third-order valence-electron chi connectivity index (χ3n) is 8.23. The molecule has 0 saturated heterocycles. The second-order valence-corrected chi connectivity index (χ2v) is 22.1. The predicted octanol–water partition coefficient (Wildman–Crippen LogP) is -2.93. The van der Waals surface area contributed by atoms with Crippen LogP contribution in [0.1, 0.15) is 74.9 Å². The number of rotatable bonds is 16. The zero-order valence-corrected chi connectivity index (χ0v) is 69.4. The molecular weight excluding hydrogens is 1530 g/mol. The number of carbonyl (C=O) groups is 9. The van der Waals surface area contributed by atoms with Crippen molar-refractivity contribution in [1.82, 2.24) is 0 Å². The van der Waals surface area contributed by atoms with E-state index in [1.165, 1.54) is 32.9 Å². The molecule has 42 heteroatoms. The molecule has 0 bridgehead atoms. The summed E-state index contributed by atoms with van der Waals surface area (Å²) in [7, 11) is 0.750. The summed E-state index contributed by atoms with van der Waals surface area (Å²) in [5, 5.41) is 79.8. The molecule has 94 heavy (non-hydrogen) atoms. The van der Waals surface area contributed by atoms with Gasteiger partial charge in [-0.15, -0.1) is 92.1 Å². The maximum Gasteiger partial charge on any atom is 0.172 e. The first-order chi connectivity index (χ1) is 43.3. The first-order valence-corrected chi connectivity index (χ1v) is 32.7. The van der Waals surface area contributed by atoms with E-state index in [0.29, 0.717) is 62.7 Å². The van der Waals surface area contributed by atoms with Gasteiger partial charge in [0.15, 0.2) is 55.8 Å². The number of carboxylic acid groups (broad SMARTS) is 4. The summed E-state index contributed by atoms with van der Waals surface area (Å²) in [4.78, 5) is 98.5. The van der Waals surface area contributed by atoms with Crippen molar-refractivity contribution in [2.45, 2.75) is 62.3 Å². The predicted molar refractivity (Wildman–Crippen MR) is 332 cm³/mol. The van der Waals surface area contributed by atoms with E-state index in [4.69, 9.17) is 106 Å². The number of aliphatic hydroxyl groups is 1. The van der Waals surface area contributed by atoms with Gasteiger partial charge in [0.2, 0.25) is 0 Å². The van der Waals surface area contributed by atoms with Gasteiger partial charge in [-0.25, -0.2) is 19.2 Å². The van der Waals surface area contributed by atoms with Gasteiger partial charge in [0.25, 0.3) is 6.47 Å². The number of aliphatic hydroxyl groups excluding tert-OH is 1. The van der Waals surface area contributed by atoms with Crippen LogP contribution in [0.4, 0.5) is 0 Å². The summed E-state index contributed by atoms with van der Waals surface area (Å²) in [5.74, 6) is -1.81. The topological polar surface area (TPSA) is 460 Å². The Morgan fingerprint density at radius 3 is 1.07 bits per heavy atom. The van der Waals surface area contributed by atoms with E-state index < -0.39 is 35.8 Å². The molecule has 0 aliphatic carbocycles. The minimum absolute atomic E-state index is 0. The van der Waals surface area contributed by atoms with Gasteiger partial charge < -0.3 is 99.8 Å². The van der Waals surface area contributed by atoms with Crippen LogP contribution in [0.25, 0.3) is 0 Å². The van der Waals surface area contributed by atoms with Crippen molar-refractivity contribution >= 4 is 146 Å². The van der Waals surface area contributed by atoms with Crippen LogP contribution in [-0.4, -0.2) is 205 Å². The first kappa shape index (κ1) is 108. The van der Waals surface area contributed by atoms with Crippen LogP contribution in [0.3, 0.4) is 0 Å². The van der Waals surface area contributed by atoms with Crippen molar-refractivity contribution in [3.8, 4) is 46.0 Å². The van der Waals surface area contributed by atoms with E-state index in [1.54, 1.807) is 71.1 Å². The molecule has 3 aliphatic heterocycles. The summed E-state index contributed by atoms with van der Waals surface area (Å²) in [5.41, 5.74) is 0. The normalized spacial score (nSPS) is 10.3. The summed E-state index contributed by atoms with van der Waals surface area (Å²) in [6.45, 7) is 20.5. The number of ether oxygens (including phenoxy) is 10. The number of hydrogen-bond donors (Lipinski definition) is 7. The fourth-order valence-corrected chi connectivity index (χ4v) is 9.57. The number of aromatic hydroxyl groups is 2. The van der Waals surface area contributed by atoms with Crippen LogP contribution in [0, 0.1) is 27.7 Å². The van der Waals surface area contributed by atoms with Crippen molar-refractivity contribution in [3.63, 3.8) is 0 Å². The third-order valence-corrected chi connectivity index (χ3v) is 14.4. The third kappa shape index (κ3) is 54.1. The van der Waals surface area contributed by atoms with E-state index in [0.717, 1.165) is 51.6 Å². The molecule has 0 saturated carbocycles. The summed E-state index contributed by atoms with van der Waals surface area (Å²) < 4.78 is 57.4. The molecule has 7 rings (SSSR count). The maximum atomic E-state index is 10.8. The Balaban J connectivity index is -0.000000125. The Morgan fingerprint density at radius 1 is 0.553 bits per heavy atom. The summed E-state index contributed by atoms with van der Waals surface area (Å²) in [6, 6.07) is 0. The molecule has 0 fully saturated rings. The van der Waals surface area contributed by atoms with Gasteiger partial charge in [0, 0.05) is 48.6 Å². The molecular formula is C52H75Cl2CuK2NaO30S6. The molecule has 0 radical (unpaired) electrons. The monoisotopic (exact) mass is 1610 g/mol. The molecule has 0 spiro atoms. The number of aliphatic carboxylic acids is 2. The average molecular weight is 1610 g/mol. The second-order valence-electron chi connectivity index (χ2n) is 14.7. The molecule has 7 N–H and O–H groups in total. The SMILES string of the molecule is CCO.CCOC(=O)C(=O)OCC.CCOC(=O)CSCC(=O)OCC.C[O-].Cc1sc(C)c(O)c1O.Cc1sc(C)c2c1OCCO2.ClCCCl.O=C(O)CSCC(=O)O.O=C(O)c1sc(C(=O)O)c2c1OCCO2.O=CO[O-].[H-].[K+].[K+].[Na+].[O]=[Cu].c1scc2c1OCCO2. The van der Waals surface area contributed by atoms with Crippen molar-refractivity contribution in [1.29, 1.82) is 0 Å². The van der Waals surface area contributed by atoms with Crippen LogP contribution in [0.15, 0.2) is 10.8 Å². The Kier molecular flexibility index (Phi) is 83.3. The molecule has 7 heterocycles. The van der Waals surface area contributed by atoms with Crippen LogP contribution in [-0.2, 0) is 77.2 Å². The van der Waals surface area contributed by atoms with E-state index in [2.05, 4.69) is 53.6 Å². The Hall–Kier alpha value is -1.82. The van der Waals surface area contributed by atoms with Crippen molar-refractivity contribution in [2.75, 3.05) is 115 Å². The standard InChI is InChI=1S/C8H6O6S.C8H14O4S.C8H10O2S.C6H10O4.C6H6O2S.C6H8O2S.C4H6O4S.C2H4Cl2.C2H6O.CH2O3.CH3O.Cu.2K.Na.O.H/c9-7(10)5-3-4(14-2-1-13-3)6(15-5)8(11)12;1-3-11-7(9)5-13-6-8(10)12-4-2;1-5-7-8(6(2)11-5)10-4-3-9-7;1-3-9-5(7)6(8)10-4-2;1-2-8-6-4-9-3-5(6)7-1;1-3-5(7)6(8)4(2)9-3;5-3(6)1-9-2-4(7)8;3-1-2-4;1-2-3;2-1-4-3;1-2;;;;;;/h1-2H2,(H,9,10)(H,11,12);3-6H2,1-2H3;3-4H2,1-2H3;3-4H2,1-2H3;3-4H,1-2H2;7-8H,1-2H3;1-2H2,(H,5,6)(H,7,8);1-2H2;3H,2H2,1H3;1,3H;1H3;;;;;;/q;;;;;;;;;;-1;;3*+1;;-1/p-1. The van der Waals surface area contributed by atoms with E-state index >= 15 is 0 Å². The van der Waals surface area contributed by atoms with E-state index in [9.17, 15) is 38.4 Å². The molecule has 0 atom stereocenters. The second kappa shape index (κ2) is 72.4. The number of fused-ring (bicyclic) bond motifs is 3. The van der Waals surface area contributed by atoms with Crippen molar-refractivity contribution in [3.05, 3.63) is 40.0 Å². The number of thiophene rings is 4. The van der Waals surface area contributed by atoms with Gasteiger partial charge in [-0.1, -0.05) is 0 Å². The number of alkyl halides is 2. The largest absolute Gasteiger partial charge is 0.485 e. The molecule has 0 aromatic carbocycles. The quantitative estimate of drug-likeness (QED) is 0.00863. The fraction of sp³-hybridized carbons (Fsp3) is 0.519. The number of esters is 4. The van der Waals surface area contributed by atoms with Gasteiger partial charge in [0.05, 0.1) is 49.4 Å². The number of thioether (sulfide) groups is 2. The first-order valence-electron chi connectivity index (χ1n) is 25.6. The minimum atomic E-state index is -1.21. The van der Waals surface area contributed by atoms with Crippen LogP contribution >= 0.6 is 92.1 Å². The minimum Gasteiger partial charge on any atom is -0.485 e. The number of carboxylic acids is 4. The Morgan fingerprint density at radius 2 is 0.830 bits per heavy atom. The summed E-state index contributed by atoms with van der Waals surface area (Å²) >= 11 is 20.5. The van der Waals surface area contributed by atoms with Crippen molar-refractivity contribution < 1.29 is 295 Å². The van der Waals surface area contributed by atoms with Crippen LogP contribution in [0.2, 0.25) is 0 Å². The van der Waals surface area contributed by atoms with Crippen LogP contribution in [0.5, 0.6) is 46.0 Å². The number of aryl methyl sites for hydroxylation is 4. The van der Waals surface area contributed by atoms with Gasteiger partial charge in [0.1, 0.15) is 39.6 Å². The van der Waals surface area contributed by atoms with Crippen molar-refractivity contribution in [2.24, 2.45) is 0 Å².